The van der Waals surface area contributed by atoms with Gasteiger partial charge < -0.3 is 0 Å². The summed E-state index contributed by atoms with van der Waals surface area (Å²) in [7, 11) is -3.87. The molecule has 4 rings (SSSR count). The van der Waals surface area contributed by atoms with Gasteiger partial charge >= 0.3 is 5.69 Å². The van der Waals surface area contributed by atoms with Gasteiger partial charge in [0.2, 0.25) is 10.0 Å². The second-order valence-electron chi connectivity index (χ2n) is 6.18. The Morgan fingerprint density at radius 3 is 2.61 bits per heavy atom. The summed E-state index contributed by atoms with van der Waals surface area (Å²) in [5.74, 6) is -1.17. The van der Waals surface area contributed by atoms with Gasteiger partial charge in [-0.15, -0.1) is 5.10 Å². The number of hydrogen-bond donors (Lipinski definition) is 2. The van der Waals surface area contributed by atoms with E-state index in [0.717, 1.165) is 0 Å². The molecule has 2 N–H and O–H groups in total. The molecule has 3 heterocycles. The highest BCUT2D eigenvalue weighted by Crippen LogP contribution is 2.20. The van der Waals surface area contributed by atoms with Gasteiger partial charge in [0.1, 0.15) is 0 Å². The number of amides is 2. The van der Waals surface area contributed by atoms with E-state index in [-0.39, 0.29) is 34.8 Å². The molecule has 144 valence electrons. The Bertz CT molecular complexity index is 1270. The Balaban J connectivity index is 1.42. The van der Waals surface area contributed by atoms with Gasteiger partial charge in [-0.3, -0.25) is 19.3 Å². The third-order valence-corrected chi connectivity index (χ3v) is 5.80. The van der Waals surface area contributed by atoms with Gasteiger partial charge in [-0.1, -0.05) is 6.07 Å². The molecule has 3 aromatic rings. The maximum Gasteiger partial charge on any atom is 0.350 e. The quantitative estimate of drug-likeness (QED) is 0.432. The smallest absolute Gasteiger partial charge is 0.288 e. The highest BCUT2D eigenvalue weighted by molar-refractivity contribution is 7.89. The predicted octanol–water partition coefficient (Wildman–Crippen LogP) is -0.252. The van der Waals surface area contributed by atoms with Crippen LogP contribution in [0.25, 0.3) is 5.65 Å². The summed E-state index contributed by atoms with van der Waals surface area (Å²) in [6.45, 7) is 0.314. The summed E-state index contributed by atoms with van der Waals surface area (Å²) in [4.78, 5) is 35.3. The fraction of sp³-hybridized carbons (Fsp3) is 0.176. The van der Waals surface area contributed by atoms with Crippen molar-refractivity contribution in [1.29, 1.82) is 0 Å². The van der Waals surface area contributed by atoms with E-state index < -0.39 is 21.8 Å². The normalized spacial score (nSPS) is 13.7. The van der Waals surface area contributed by atoms with Crippen molar-refractivity contribution in [2.75, 3.05) is 6.54 Å². The second-order valence-corrected chi connectivity index (χ2v) is 7.94. The lowest BCUT2D eigenvalue weighted by molar-refractivity contribution is 0.0879. The molecule has 2 aromatic heterocycles. The fourth-order valence-electron chi connectivity index (χ4n) is 2.95. The number of carbonyl (C=O) groups is 2. The van der Waals surface area contributed by atoms with Crippen molar-refractivity contribution in [3.05, 3.63) is 64.2 Å². The van der Waals surface area contributed by atoms with E-state index in [4.69, 9.17) is 0 Å². The topological polar surface area (TPSA) is 132 Å². The van der Waals surface area contributed by atoms with Crippen LogP contribution in [0.5, 0.6) is 0 Å². The van der Waals surface area contributed by atoms with Crippen LogP contribution in [-0.2, 0) is 16.6 Å². The Hall–Kier alpha value is -3.31. The molecule has 1 aromatic carbocycles. The van der Waals surface area contributed by atoms with Crippen LogP contribution in [0.1, 0.15) is 27.1 Å². The zero-order chi connectivity index (χ0) is 19.9. The first-order valence-corrected chi connectivity index (χ1v) is 9.89. The number of carbonyl (C=O) groups excluding carboxylic acids is 2. The molecule has 10 nitrogen and oxygen atoms in total. The molecule has 0 saturated carbocycles. The first-order valence-electron chi connectivity index (χ1n) is 8.40. The first kappa shape index (κ1) is 18.1. The van der Waals surface area contributed by atoms with Crippen LogP contribution >= 0.6 is 0 Å². The van der Waals surface area contributed by atoms with E-state index >= 15 is 0 Å². The maximum atomic E-state index is 12.4. The number of nitrogens with zero attached hydrogens (tertiary/aromatic N) is 3. The van der Waals surface area contributed by atoms with E-state index in [0.29, 0.717) is 12.1 Å². The van der Waals surface area contributed by atoms with E-state index in [1.807, 2.05) is 0 Å². The van der Waals surface area contributed by atoms with Gasteiger partial charge in [0.05, 0.1) is 16.0 Å². The van der Waals surface area contributed by atoms with Crippen molar-refractivity contribution in [1.82, 2.24) is 24.2 Å². The van der Waals surface area contributed by atoms with Crippen LogP contribution in [0, 0.1) is 0 Å². The lowest BCUT2D eigenvalue weighted by atomic mass is 10.1. The fourth-order valence-corrected chi connectivity index (χ4v) is 4.05. The number of aryl methyl sites for hydroxylation is 1. The van der Waals surface area contributed by atoms with Gasteiger partial charge in [0, 0.05) is 19.3 Å². The number of fused-ring (bicyclic) bond motifs is 2. The Labute approximate surface area is 158 Å². The molecular formula is C17H15N5O5S. The van der Waals surface area contributed by atoms with Gasteiger partial charge in [0.15, 0.2) is 5.65 Å². The number of imide groups is 1. The minimum absolute atomic E-state index is 0.0316. The summed E-state index contributed by atoms with van der Waals surface area (Å²) in [5, 5.41) is 6.29. The van der Waals surface area contributed by atoms with Crippen molar-refractivity contribution in [3.8, 4) is 0 Å². The minimum atomic E-state index is -3.87. The van der Waals surface area contributed by atoms with Crippen molar-refractivity contribution in [2.45, 2.75) is 17.9 Å². The Morgan fingerprint density at radius 1 is 1.04 bits per heavy atom. The van der Waals surface area contributed by atoms with E-state index in [1.54, 1.807) is 24.4 Å². The zero-order valence-corrected chi connectivity index (χ0v) is 15.3. The third kappa shape index (κ3) is 3.10. The number of benzene rings is 1. The Kier molecular flexibility index (Phi) is 4.32. The van der Waals surface area contributed by atoms with Gasteiger partial charge in [-0.25, -0.2) is 22.6 Å². The molecule has 28 heavy (non-hydrogen) atoms. The Morgan fingerprint density at radius 2 is 1.82 bits per heavy atom. The number of hydrogen-bond acceptors (Lipinski definition) is 6. The number of rotatable bonds is 6. The monoisotopic (exact) mass is 401 g/mol. The van der Waals surface area contributed by atoms with Crippen LogP contribution in [0.4, 0.5) is 0 Å². The van der Waals surface area contributed by atoms with Crippen LogP contribution < -0.4 is 15.7 Å². The van der Waals surface area contributed by atoms with Gasteiger partial charge in [-0.05, 0) is 36.8 Å². The zero-order valence-electron chi connectivity index (χ0n) is 14.5. The standard InChI is InChI=1S/C17H15N5O5S/c23-15-12-6-5-11(10-13(12)16(24)19-15)28(26,27)18-7-3-9-22-17(25)21-8-2-1-4-14(21)20-22/h1-2,4-6,8,10,18H,3,7,9H2,(H,19,23,24). The van der Waals surface area contributed by atoms with Crippen LogP contribution in [0.3, 0.4) is 0 Å². The third-order valence-electron chi connectivity index (χ3n) is 4.34. The summed E-state index contributed by atoms with van der Waals surface area (Å²) in [6.07, 6.45) is 1.95. The first-order chi connectivity index (χ1) is 13.4. The van der Waals surface area contributed by atoms with Crippen molar-refractivity contribution >= 4 is 27.5 Å². The number of nitrogens with one attached hydrogen (secondary N) is 2. The van der Waals surface area contributed by atoms with E-state index in [2.05, 4.69) is 15.1 Å². The van der Waals surface area contributed by atoms with E-state index in [1.165, 1.54) is 27.3 Å². The average Bonchev–Trinajstić information content (AvgIpc) is 3.15. The summed E-state index contributed by atoms with van der Waals surface area (Å²) in [6, 6.07) is 8.94. The molecule has 1 aliphatic heterocycles. The molecule has 0 fully saturated rings. The molecule has 0 aliphatic carbocycles. The van der Waals surface area contributed by atoms with Crippen LogP contribution in [-0.4, -0.2) is 41.0 Å². The van der Waals surface area contributed by atoms with Crippen molar-refractivity contribution in [2.24, 2.45) is 0 Å². The number of sulfonamides is 1. The molecule has 0 radical (unpaired) electrons. The van der Waals surface area contributed by atoms with Crippen molar-refractivity contribution < 1.29 is 18.0 Å². The molecule has 1 aliphatic rings. The highest BCUT2D eigenvalue weighted by Gasteiger charge is 2.28. The molecule has 0 bridgehead atoms. The largest absolute Gasteiger partial charge is 0.350 e. The molecule has 2 amide bonds. The van der Waals surface area contributed by atoms with Crippen LogP contribution in [0.2, 0.25) is 0 Å². The second kappa shape index (κ2) is 6.69. The molecule has 0 unspecified atom stereocenters. The summed E-state index contributed by atoms with van der Waals surface area (Å²) < 4.78 is 29.9. The molecular weight excluding hydrogens is 386 g/mol. The summed E-state index contributed by atoms with van der Waals surface area (Å²) in [5.41, 5.74) is 0.395. The minimum Gasteiger partial charge on any atom is -0.288 e. The highest BCUT2D eigenvalue weighted by atomic mass is 32.2. The maximum absolute atomic E-state index is 12.4. The lowest BCUT2D eigenvalue weighted by Crippen LogP contribution is -2.27. The van der Waals surface area contributed by atoms with Gasteiger partial charge in [-0.2, -0.15) is 0 Å². The lowest BCUT2D eigenvalue weighted by Gasteiger charge is -2.07. The average molecular weight is 401 g/mol. The SMILES string of the molecule is O=C1NC(=O)c2cc(S(=O)(=O)NCCCn3nc4ccccn4c3=O)ccc21. The van der Waals surface area contributed by atoms with Crippen LogP contribution in [0.15, 0.2) is 52.3 Å². The van der Waals surface area contributed by atoms with Gasteiger partial charge in [0.25, 0.3) is 11.8 Å². The molecule has 0 spiro atoms. The molecule has 11 heteroatoms. The molecule has 0 saturated heterocycles. The molecule has 0 atom stereocenters. The van der Waals surface area contributed by atoms with Crippen molar-refractivity contribution in [3.63, 3.8) is 0 Å². The number of aromatic nitrogens is 3. The van der Waals surface area contributed by atoms with E-state index in [9.17, 15) is 22.8 Å². The summed E-state index contributed by atoms with van der Waals surface area (Å²) >= 11 is 0. The predicted molar refractivity (Wildman–Crippen MR) is 97.5 cm³/mol. The number of pyridine rings is 1.